The van der Waals surface area contributed by atoms with E-state index in [9.17, 15) is 13.6 Å². The molecular formula is C27H26F2O5. The lowest BCUT2D eigenvalue weighted by molar-refractivity contribution is -0.0498. The molecule has 0 aromatic heterocycles. The highest BCUT2D eigenvalue weighted by molar-refractivity contribution is 6.06. The van der Waals surface area contributed by atoms with Crippen molar-refractivity contribution in [2.24, 2.45) is 0 Å². The average molecular weight is 468 g/mol. The summed E-state index contributed by atoms with van der Waals surface area (Å²) in [6.07, 6.45) is 3.09. The minimum Gasteiger partial charge on any atom is -0.490 e. The normalized spacial score (nSPS) is 11.0. The number of hydrogen-bond acceptors (Lipinski definition) is 5. The summed E-state index contributed by atoms with van der Waals surface area (Å²) in [4.78, 5) is 12.4. The van der Waals surface area contributed by atoms with Crippen molar-refractivity contribution in [1.82, 2.24) is 0 Å². The van der Waals surface area contributed by atoms with Crippen molar-refractivity contribution < 1.29 is 32.5 Å². The van der Waals surface area contributed by atoms with E-state index in [-0.39, 0.29) is 11.5 Å². The first kappa shape index (κ1) is 24.8. The first-order valence-corrected chi connectivity index (χ1v) is 10.9. The van der Waals surface area contributed by atoms with Crippen LogP contribution in [0.15, 0.2) is 72.8 Å². The van der Waals surface area contributed by atoms with E-state index in [0.29, 0.717) is 42.6 Å². The van der Waals surface area contributed by atoms with Crippen molar-refractivity contribution in [3.63, 3.8) is 0 Å². The Balaban J connectivity index is 1.62. The molecule has 178 valence electrons. The Morgan fingerprint density at radius 2 is 1.59 bits per heavy atom. The van der Waals surface area contributed by atoms with Gasteiger partial charge in [-0.25, -0.2) is 0 Å². The predicted octanol–water partition coefficient (Wildman–Crippen LogP) is 6.56. The van der Waals surface area contributed by atoms with Gasteiger partial charge >= 0.3 is 6.61 Å². The number of halogens is 2. The van der Waals surface area contributed by atoms with E-state index < -0.39 is 6.61 Å². The molecule has 0 atom stereocenters. The Kier molecular flexibility index (Phi) is 9.03. The van der Waals surface area contributed by atoms with Crippen LogP contribution in [0.5, 0.6) is 23.0 Å². The summed E-state index contributed by atoms with van der Waals surface area (Å²) in [5.74, 6) is 1.76. The molecule has 0 N–H and O–H groups in total. The van der Waals surface area contributed by atoms with Crippen LogP contribution < -0.4 is 18.9 Å². The molecule has 3 aromatic carbocycles. The zero-order chi connectivity index (χ0) is 24.3. The monoisotopic (exact) mass is 468 g/mol. The molecule has 0 fully saturated rings. The third-order valence-electron chi connectivity index (χ3n) is 4.66. The minimum absolute atomic E-state index is 0.00119. The van der Waals surface area contributed by atoms with Crippen molar-refractivity contribution in [3.8, 4) is 23.0 Å². The molecule has 0 bridgehead atoms. The topological polar surface area (TPSA) is 54.0 Å². The van der Waals surface area contributed by atoms with Crippen LogP contribution in [0.1, 0.15) is 35.3 Å². The number of allylic oxidation sites excluding steroid dienone is 1. The fourth-order valence-electron chi connectivity index (χ4n) is 3.13. The first-order chi connectivity index (χ1) is 16.5. The van der Waals surface area contributed by atoms with E-state index in [4.69, 9.17) is 14.2 Å². The van der Waals surface area contributed by atoms with Crippen LogP contribution in [0.3, 0.4) is 0 Å². The molecule has 3 rings (SSSR count). The van der Waals surface area contributed by atoms with Gasteiger partial charge < -0.3 is 18.9 Å². The third-order valence-corrected chi connectivity index (χ3v) is 4.66. The lowest BCUT2D eigenvalue weighted by atomic mass is 10.1. The van der Waals surface area contributed by atoms with Crippen LogP contribution in [0.25, 0.3) is 6.08 Å². The Labute approximate surface area is 197 Å². The quantitative estimate of drug-likeness (QED) is 0.223. The Bertz CT molecular complexity index is 1110. The molecular weight excluding hydrogens is 442 g/mol. The molecule has 3 aromatic rings. The number of hydrogen-bond donors (Lipinski definition) is 0. The van der Waals surface area contributed by atoms with E-state index in [1.165, 1.54) is 30.3 Å². The molecule has 0 spiro atoms. The number of ketones is 1. The Morgan fingerprint density at radius 1 is 0.853 bits per heavy atom. The SMILES string of the molecule is CCOc1ccc(COc2cccc(/C=C/C(=O)c3ccc(OC(F)F)cc3)c2)cc1OCC. The number of alkyl halides is 2. The van der Waals surface area contributed by atoms with Crippen LogP contribution >= 0.6 is 0 Å². The summed E-state index contributed by atoms with van der Waals surface area (Å²) < 4.78 is 45.9. The highest BCUT2D eigenvalue weighted by Crippen LogP contribution is 2.29. The van der Waals surface area contributed by atoms with Gasteiger partial charge in [0.2, 0.25) is 0 Å². The standard InChI is InChI=1S/C27H26F2O5/c1-3-31-25-15-9-20(17-26(25)32-4-2)18-33-23-7-5-6-19(16-23)8-14-24(30)21-10-12-22(13-11-21)34-27(28)29/h5-17,27H,3-4,18H2,1-2H3/b14-8+. The third kappa shape index (κ3) is 7.33. The molecule has 34 heavy (non-hydrogen) atoms. The highest BCUT2D eigenvalue weighted by Gasteiger charge is 2.08. The van der Waals surface area contributed by atoms with Crippen LogP contribution in [-0.2, 0) is 6.61 Å². The highest BCUT2D eigenvalue weighted by atomic mass is 19.3. The smallest absolute Gasteiger partial charge is 0.387 e. The molecule has 0 aliphatic carbocycles. The second-order valence-corrected chi connectivity index (χ2v) is 7.11. The van der Waals surface area contributed by atoms with Gasteiger partial charge in [-0.1, -0.05) is 24.3 Å². The molecule has 0 radical (unpaired) electrons. The van der Waals surface area contributed by atoms with Crippen molar-refractivity contribution >= 4 is 11.9 Å². The second kappa shape index (κ2) is 12.4. The van der Waals surface area contributed by atoms with Gasteiger partial charge in [-0.05, 0) is 79.6 Å². The van der Waals surface area contributed by atoms with Crippen molar-refractivity contribution in [2.75, 3.05) is 13.2 Å². The lowest BCUT2D eigenvalue weighted by Crippen LogP contribution is -2.02. The lowest BCUT2D eigenvalue weighted by Gasteiger charge is -2.13. The van der Waals surface area contributed by atoms with Gasteiger partial charge in [-0.3, -0.25) is 4.79 Å². The molecule has 0 aliphatic heterocycles. The zero-order valence-electron chi connectivity index (χ0n) is 19.0. The first-order valence-electron chi connectivity index (χ1n) is 10.9. The Hall–Kier alpha value is -3.87. The molecule has 5 nitrogen and oxygen atoms in total. The van der Waals surface area contributed by atoms with Crippen LogP contribution in [0.4, 0.5) is 8.78 Å². The molecule has 0 amide bonds. The van der Waals surface area contributed by atoms with Gasteiger partial charge in [0.1, 0.15) is 18.1 Å². The molecule has 0 heterocycles. The largest absolute Gasteiger partial charge is 0.490 e. The maximum Gasteiger partial charge on any atom is 0.387 e. The van der Waals surface area contributed by atoms with E-state index in [0.717, 1.165) is 11.1 Å². The second-order valence-electron chi connectivity index (χ2n) is 7.11. The number of carbonyl (C=O) groups excluding carboxylic acids is 1. The molecule has 0 saturated heterocycles. The fraction of sp³-hybridized carbons (Fsp3) is 0.222. The zero-order valence-corrected chi connectivity index (χ0v) is 19.0. The minimum atomic E-state index is -2.91. The molecule has 7 heteroatoms. The van der Waals surface area contributed by atoms with Crippen molar-refractivity contribution in [1.29, 1.82) is 0 Å². The Morgan fingerprint density at radius 3 is 2.29 bits per heavy atom. The van der Waals surface area contributed by atoms with Crippen LogP contribution in [-0.4, -0.2) is 25.6 Å². The number of carbonyl (C=O) groups is 1. The molecule has 0 saturated carbocycles. The van der Waals surface area contributed by atoms with Gasteiger partial charge in [-0.2, -0.15) is 8.78 Å². The number of rotatable bonds is 12. The van der Waals surface area contributed by atoms with E-state index in [2.05, 4.69) is 4.74 Å². The summed E-state index contributed by atoms with van der Waals surface area (Å²) in [5, 5.41) is 0. The number of benzene rings is 3. The summed E-state index contributed by atoms with van der Waals surface area (Å²) in [6.45, 7) is 2.36. The summed E-state index contributed by atoms with van der Waals surface area (Å²) in [6, 6.07) is 18.6. The van der Waals surface area contributed by atoms with Gasteiger partial charge in [-0.15, -0.1) is 0 Å². The average Bonchev–Trinajstić information content (AvgIpc) is 2.83. The van der Waals surface area contributed by atoms with Crippen molar-refractivity contribution in [2.45, 2.75) is 27.1 Å². The van der Waals surface area contributed by atoms with Crippen LogP contribution in [0.2, 0.25) is 0 Å². The molecule has 0 unspecified atom stereocenters. The van der Waals surface area contributed by atoms with Gasteiger partial charge in [0.25, 0.3) is 0 Å². The predicted molar refractivity (Wildman–Crippen MR) is 126 cm³/mol. The summed E-state index contributed by atoms with van der Waals surface area (Å²) >= 11 is 0. The van der Waals surface area contributed by atoms with Crippen molar-refractivity contribution in [3.05, 3.63) is 89.5 Å². The summed E-state index contributed by atoms with van der Waals surface area (Å²) in [7, 11) is 0. The summed E-state index contributed by atoms with van der Waals surface area (Å²) in [5.41, 5.74) is 2.08. The van der Waals surface area contributed by atoms with E-state index in [1.54, 1.807) is 6.08 Å². The maximum absolute atomic E-state index is 12.4. The molecule has 0 aliphatic rings. The maximum atomic E-state index is 12.4. The number of ether oxygens (including phenoxy) is 4. The van der Waals surface area contributed by atoms with Crippen LogP contribution in [0, 0.1) is 0 Å². The van der Waals surface area contributed by atoms with Gasteiger partial charge in [0.15, 0.2) is 17.3 Å². The fourth-order valence-corrected chi connectivity index (χ4v) is 3.13. The van der Waals surface area contributed by atoms with E-state index >= 15 is 0 Å². The van der Waals surface area contributed by atoms with Gasteiger partial charge in [0, 0.05) is 5.56 Å². The van der Waals surface area contributed by atoms with E-state index in [1.807, 2.05) is 56.3 Å². The van der Waals surface area contributed by atoms with Gasteiger partial charge in [0.05, 0.1) is 13.2 Å².